The minimum atomic E-state index is -5.03. The maximum Gasteiger partial charge on any atom is 0.417 e. The first kappa shape index (κ1) is 29.3. The van der Waals surface area contributed by atoms with Gasteiger partial charge >= 0.3 is 16.7 Å². The van der Waals surface area contributed by atoms with Gasteiger partial charge in [0.1, 0.15) is 17.5 Å². The van der Waals surface area contributed by atoms with Crippen LogP contribution in [0.4, 0.5) is 27.8 Å². The third-order valence-corrected chi connectivity index (χ3v) is 9.65. The van der Waals surface area contributed by atoms with Crippen molar-refractivity contribution in [3.63, 3.8) is 0 Å². The molecule has 0 radical (unpaired) electrons. The number of anilines is 1. The van der Waals surface area contributed by atoms with Crippen LogP contribution in [0.25, 0.3) is 32.2 Å². The summed E-state index contributed by atoms with van der Waals surface area (Å²) in [5.41, 5.74) is -3.51. The molecular formula is C27H22F5N5O4S2. The van der Waals surface area contributed by atoms with E-state index >= 15 is 4.39 Å². The van der Waals surface area contributed by atoms with E-state index in [1.54, 1.807) is 4.90 Å². The van der Waals surface area contributed by atoms with Gasteiger partial charge in [-0.2, -0.15) is 18.2 Å². The number of nitrogens with one attached hydrogen (secondary N) is 1. The van der Waals surface area contributed by atoms with Crippen LogP contribution in [0.3, 0.4) is 0 Å². The number of piperazine rings is 1. The molecule has 0 aliphatic carbocycles. The highest BCUT2D eigenvalue weighted by molar-refractivity contribution is 7.99. The van der Waals surface area contributed by atoms with Crippen molar-refractivity contribution in [1.29, 1.82) is 0 Å². The highest BCUT2D eigenvalue weighted by atomic mass is 32.2. The number of thioether (sulfide) groups is 1. The maximum atomic E-state index is 15.6. The summed E-state index contributed by atoms with van der Waals surface area (Å²) < 4.78 is 81.1. The standard InChI is InChI=1S/C27H22F5N5O4S2/c1-3-17(38)35-4-6-36(7-5-35)24-13-8-14(27(30,31)32)18(19-15(28)9-16(29)22-20(19)33-26(40)43-22)23-21(13)37(25(39)34-24)12(10-41-2)11-42-23/h3,8-9,12H,1,4-7,10-11H2,2H3,(H,33,40)/t12-/m0/s1. The Labute approximate surface area is 247 Å². The zero-order chi connectivity index (χ0) is 30.8. The van der Waals surface area contributed by atoms with Gasteiger partial charge in [-0.05, 0) is 12.1 Å². The largest absolute Gasteiger partial charge is 0.417 e. The van der Waals surface area contributed by atoms with E-state index in [0.29, 0.717) is 17.4 Å². The lowest BCUT2D eigenvalue weighted by molar-refractivity contribution is -0.137. The molecular weight excluding hydrogens is 617 g/mol. The molecule has 0 spiro atoms. The summed E-state index contributed by atoms with van der Waals surface area (Å²) in [6.45, 7) is 4.33. The highest BCUT2D eigenvalue weighted by Gasteiger charge is 2.41. The number of aromatic amines is 1. The number of aromatic nitrogens is 3. The van der Waals surface area contributed by atoms with Gasteiger partial charge in [0.25, 0.3) is 0 Å². The number of hydrogen-bond donors (Lipinski definition) is 1. The molecule has 4 heterocycles. The van der Waals surface area contributed by atoms with Crippen molar-refractivity contribution in [1.82, 2.24) is 19.4 Å². The molecule has 0 unspecified atom stereocenters. The van der Waals surface area contributed by atoms with Crippen molar-refractivity contribution in [2.24, 2.45) is 0 Å². The SMILES string of the molecule is C=CC(=O)N1CCN(c2nc(=O)n3c4c(c(-c5c(F)cc(F)c6sc(=O)[nH]c56)c(C(F)(F)F)cc24)SC[C@@H]3COC)CC1. The summed E-state index contributed by atoms with van der Waals surface area (Å²) >= 11 is 1.40. The van der Waals surface area contributed by atoms with Crippen LogP contribution in [0, 0.1) is 11.6 Å². The average molecular weight is 640 g/mol. The molecule has 4 aromatic rings. The molecule has 226 valence electrons. The Bertz CT molecular complexity index is 1930. The average Bonchev–Trinajstić information content (AvgIpc) is 3.36. The first-order chi connectivity index (χ1) is 20.4. The number of fused-ring (bicyclic) bond motifs is 1. The molecule has 16 heteroatoms. The monoisotopic (exact) mass is 639 g/mol. The van der Waals surface area contributed by atoms with Crippen LogP contribution in [0.15, 0.2) is 39.3 Å². The van der Waals surface area contributed by atoms with Gasteiger partial charge < -0.3 is 19.5 Å². The van der Waals surface area contributed by atoms with E-state index in [0.717, 1.165) is 17.8 Å². The molecule has 2 aliphatic heterocycles. The third-order valence-electron chi connectivity index (χ3n) is 7.52. The third kappa shape index (κ3) is 4.80. The molecule has 2 aromatic carbocycles. The van der Waals surface area contributed by atoms with Gasteiger partial charge in [0.05, 0.1) is 33.9 Å². The number of ether oxygens (including phenoxy) is 1. The fraction of sp³-hybridized carbons (Fsp3) is 0.333. The van der Waals surface area contributed by atoms with Crippen LogP contribution in [-0.2, 0) is 15.7 Å². The number of benzene rings is 2. The Morgan fingerprint density at radius 2 is 1.88 bits per heavy atom. The molecule has 43 heavy (non-hydrogen) atoms. The number of hydrogen-bond acceptors (Lipinski definition) is 8. The zero-order valence-electron chi connectivity index (χ0n) is 22.4. The van der Waals surface area contributed by atoms with Gasteiger partial charge in [0.15, 0.2) is 0 Å². The molecule has 1 N–H and O–H groups in total. The van der Waals surface area contributed by atoms with Gasteiger partial charge in [-0.25, -0.2) is 13.6 Å². The summed E-state index contributed by atoms with van der Waals surface area (Å²) in [5.74, 6) is -2.60. The minimum absolute atomic E-state index is 0.0000473. The van der Waals surface area contributed by atoms with Crippen molar-refractivity contribution in [3.05, 3.63) is 62.1 Å². The molecule has 1 atom stereocenters. The van der Waals surface area contributed by atoms with Gasteiger partial charge in [-0.15, -0.1) is 11.8 Å². The normalized spacial score (nSPS) is 17.2. The summed E-state index contributed by atoms with van der Waals surface area (Å²) in [5, 5.41) is 0.0000473. The number of rotatable bonds is 5. The smallest absolute Gasteiger partial charge is 0.383 e. The van der Waals surface area contributed by atoms with Crippen molar-refractivity contribution >= 4 is 55.9 Å². The van der Waals surface area contributed by atoms with Crippen LogP contribution in [-0.4, -0.2) is 71.0 Å². The fourth-order valence-electron chi connectivity index (χ4n) is 5.67. The predicted octanol–water partition coefficient (Wildman–Crippen LogP) is 4.39. The maximum absolute atomic E-state index is 15.6. The molecule has 1 saturated heterocycles. The van der Waals surface area contributed by atoms with E-state index in [1.807, 2.05) is 0 Å². The molecule has 0 bridgehead atoms. The molecule has 2 aliphatic rings. The molecule has 1 amide bonds. The van der Waals surface area contributed by atoms with Gasteiger partial charge in [-0.1, -0.05) is 17.9 Å². The van der Waals surface area contributed by atoms with Crippen molar-refractivity contribution in [2.75, 3.05) is 50.5 Å². The molecule has 1 fully saturated rings. The number of alkyl halides is 3. The van der Waals surface area contributed by atoms with Gasteiger partial charge in [0, 0.05) is 66.5 Å². The van der Waals surface area contributed by atoms with Crippen LogP contribution >= 0.6 is 23.1 Å². The predicted molar refractivity (Wildman–Crippen MR) is 153 cm³/mol. The number of nitrogens with zero attached hydrogens (tertiary/aromatic N) is 4. The summed E-state index contributed by atoms with van der Waals surface area (Å²) in [7, 11) is 1.42. The fourth-order valence-corrected chi connectivity index (χ4v) is 7.73. The van der Waals surface area contributed by atoms with Crippen molar-refractivity contribution < 1.29 is 31.5 Å². The van der Waals surface area contributed by atoms with E-state index < -0.39 is 56.6 Å². The van der Waals surface area contributed by atoms with Crippen LogP contribution in [0.2, 0.25) is 0 Å². The lowest BCUT2D eigenvalue weighted by atomic mass is 9.94. The first-order valence-electron chi connectivity index (χ1n) is 12.9. The Morgan fingerprint density at radius 3 is 2.53 bits per heavy atom. The molecule has 9 nitrogen and oxygen atoms in total. The van der Waals surface area contributed by atoms with Crippen molar-refractivity contribution in [3.8, 4) is 11.1 Å². The van der Waals surface area contributed by atoms with Crippen LogP contribution < -0.4 is 15.5 Å². The summed E-state index contributed by atoms with van der Waals surface area (Å²) in [6, 6.07) is 0.668. The number of H-pyrrole nitrogens is 1. The van der Waals surface area contributed by atoms with E-state index in [9.17, 15) is 31.9 Å². The number of halogens is 5. The topological polar surface area (TPSA) is 101 Å². The summed E-state index contributed by atoms with van der Waals surface area (Å²) in [4.78, 5) is 46.6. The lowest BCUT2D eigenvalue weighted by Gasteiger charge is -2.36. The quantitative estimate of drug-likeness (QED) is 0.256. The Balaban J connectivity index is 1.70. The highest BCUT2D eigenvalue weighted by Crippen LogP contribution is 2.51. The zero-order valence-corrected chi connectivity index (χ0v) is 24.0. The van der Waals surface area contributed by atoms with E-state index in [-0.39, 0.29) is 70.8 Å². The number of amides is 1. The van der Waals surface area contributed by atoms with E-state index in [1.165, 1.54) is 22.7 Å². The Morgan fingerprint density at radius 1 is 1.16 bits per heavy atom. The molecule has 6 rings (SSSR count). The number of carbonyl (C=O) groups excluding carboxylic acids is 1. The Kier molecular flexibility index (Phi) is 7.33. The minimum Gasteiger partial charge on any atom is -0.383 e. The number of carbonyl (C=O) groups is 1. The van der Waals surface area contributed by atoms with Crippen LogP contribution in [0.5, 0.6) is 0 Å². The van der Waals surface area contributed by atoms with E-state index in [2.05, 4.69) is 16.5 Å². The molecule has 2 aromatic heterocycles. The van der Waals surface area contributed by atoms with Crippen molar-refractivity contribution in [2.45, 2.75) is 17.1 Å². The number of methoxy groups -OCH3 is 1. The second kappa shape index (κ2) is 10.7. The summed E-state index contributed by atoms with van der Waals surface area (Å²) in [6.07, 6.45) is -3.86. The van der Waals surface area contributed by atoms with Gasteiger partial charge in [-0.3, -0.25) is 14.2 Å². The molecule has 0 saturated carbocycles. The first-order valence-corrected chi connectivity index (χ1v) is 14.7. The van der Waals surface area contributed by atoms with E-state index in [4.69, 9.17) is 4.74 Å². The second-order valence-electron chi connectivity index (χ2n) is 9.98. The Hall–Kier alpha value is -3.76. The second-order valence-corrected chi connectivity index (χ2v) is 12.0. The van der Waals surface area contributed by atoms with Crippen LogP contribution in [0.1, 0.15) is 11.6 Å². The number of thiazole rings is 1. The van der Waals surface area contributed by atoms with Gasteiger partial charge in [0.2, 0.25) is 5.91 Å². The lowest BCUT2D eigenvalue weighted by Crippen LogP contribution is -2.49.